The molecule has 19 heavy (non-hydrogen) atoms. The molecule has 0 radical (unpaired) electrons. The van der Waals surface area contributed by atoms with Gasteiger partial charge in [0.2, 0.25) is 0 Å². The van der Waals surface area contributed by atoms with E-state index in [1.165, 1.54) is 0 Å². The van der Waals surface area contributed by atoms with E-state index in [2.05, 4.69) is 5.32 Å². The quantitative estimate of drug-likeness (QED) is 0.819. The van der Waals surface area contributed by atoms with Gasteiger partial charge in [0, 0.05) is 0 Å². The van der Waals surface area contributed by atoms with Crippen molar-refractivity contribution in [2.45, 2.75) is 13.8 Å². The van der Waals surface area contributed by atoms with Crippen LogP contribution in [0.4, 0.5) is 11.4 Å². The van der Waals surface area contributed by atoms with Crippen molar-refractivity contribution in [3.8, 4) is 0 Å². The molecule has 0 fully saturated rings. The molecule has 0 aliphatic rings. The minimum absolute atomic E-state index is 0.258. The van der Waals surface area contributed by atoms with Crippen molar-refractivity contribution in [2.75, 3.05) is 11.1 Å². The van der Waals surface area contributed by atoms with E-state index in [4.69, 9.17) is 17.3 Å². The van der Waals surface area contributed by atoms with E-state index in [9.17, 15) is 4.79 Å². The number of carbonyl (C=O) groups is 1. The minimum atomic E-state index is -0.258. The molecule has 4 heteroatoms. The molecule has 0 aromatic heterocycles. The zero-order valence-corrected chi connectivity index (χ0v) is 11.6. The molecule has 0 heterocycles. The van der Waals surface area contributed by atoms with Crippen LogP contribution in [0.3, 0.4) is 0 Å². The van der Waals surface area contributed by atoms with Gasteiger partial charge in [-0.25, -0.2) is 0 Å². The van der Waals surface area contributed by atoms with Gasteiger partial charge in [-0.15, -0.1) is 0 Å². The van der Waals surface area contributed by atoms with Crippen LogP contribution >= 0.6 is 11.6 Å². The summed E-state index contributed by atoms with van der Waals surface area (Å²) >= 11 is 6.13. The lowest BCUT2D eigenvalue weighted by Gasteiger charge is -2.11. The fraction of sp³-hybridized carbons (Fsp3) is 0.133. The van der Waals surface area contributed by atoms with E-state index in [0.29, 0.717) is 22.0 Å². The highest BCUT2D eigenvalue weighted by Gasteiger charge is 2.13. The highest BCUT2D eigenvalue weighted by Crippen LogP contribution is 2.24. The largest absolute Gasteiger partial charge is 0.397 e. The number of amides is 1. The van der Waals surface area contributed by atoms with Gasteiger partial charge >= 0.3 is 0 Å². The zero-order chi connectivity index (χ0) is 14.0. The van der Waals surface area contributed by atoms with Crippen LogP contribution in [0.2, 0.25) is 5.02 Å². The van der Waals surface area contributed by atoms with Crippen molar-refractivity contribution < 1.29 is 4.79 Å². The van der Waals surface area contributed by atoms with Crippen LogP contribution in [-0.4, -0.2) is 5.91 Å². The average molecular weight is 275 g/mol. The molecule has 2 aromatic carbocycles. The predicted octanol–water partition coefficient (Wildman–Crippen LogP) is 3.79. The molecule has 98 valence electrons. The average Bonchev–Trinajstić information content (AvgIpc) is 2.37. The molecule has 0 saturated carbocycles. The maximum atomic E-state index is 12.2. The van der Waals surface area contributed by atoms with Crippen LogP contribution < -0.4 is 11.1 Å². The van der Waals surface area contributed by atoms with Gasteiger partial charge in [-0.1, -0.05) is 29.8 Å². The number of carbonyl (C=O) groups excluding carboxylic acids is 1. The lowest BCUT2D eigenvalue weighted by molar-refractivity contribution is 0.102. The van der Waals surface area contributed by atoms with E-state index in [0.717, 1.165) is 11.1 Å². The third kappa shape index (κ3) is 2.88. The molecule has 0 aliphatic heterocycles. The maximum Gasteiger partial charge on any atom is 0.257 e. The first-order valence-electron chi connectivity index (χ1n) is 5.91. The molecule has 3 N–H and O–H groups in total. The third-order valence-electron chi connectivity index (χ3n) is 2.89. The predicted molar refractivity (Wildman–Crippen MR) is 79.7 cm³/mol. The summed E-state index contributed by atoms with van der Waals surface area (Å²) in [6.45, 7) is 3.80. The number of hydrogen-bond acceptors (Lipinski definition) is 2. The van der Waals surface area contributed by atoms with Crippen molar-refractivity contribution in [2.24, 2.45) is 0 Å². The number of halogens is 1. The van der Waals surface area contributed by atoms with E-state index in [1.54, 1.807) is 18.2 Å². The van der Waals surface area contributed by atoms with Gasteiger partial charge in [-0.2, -0.15) is 0 Å². The van der Waals surface area contributed by atoms with E-state index in [1.807, 2.05) is 32.0 Å². The topological polar surface area (TPSA) is 55.1 Å². The molecule has 0 unspecified atom stereocenters. The molecule has 0 saturated heterocycles. The number of aryl methyl sites for hydroxylation is 2. The van der Waals surface area contributed by atoms with Gasteiger partial charge in [0.05, 0.1) is 22.0 Å². The van der Waals surface area contributed by atoms with Crippen LogP contribution in [0, 0.1) is 13.8 Å². The highest BCUT2D eigenvalue weighted by atomic mass is 35.5. The SMILES string of the molecule is Cc1ccc(N)c(NC(=O)c2cccc(C)c2Cl)c1. The van der Waals surface area contributed by atoms with Gasteiger partial charge in [0.15, 0.2) is 0 Å². The number of rotatable bonds is 2. The van der Waals surface area contributed by atoms with Crippen molar-refractivity contribution >= 4 is 28.9 Å². The molecule has 0 aliphatic carbocycles. The molecule has 3 nitrogen and oxygen atoms in total. The molecule has 2 rings (SSSR count). The summed E-state index contributed by atoms with van der Waals surface area (Å²) in [7, 11) is 0. The van der Waals surface area contributed by atoms with Crippen LogP contribution in [0.15, 0.2) is 36.4 Å². The molecule has 0 bridgehead atoms. The monoisotopic (exact) mass is 274 g/mol. The van der Waals surface area contributed by atoms with Gasteiger partial charge < -0.3 is 11.1 Å². The maximum absolute atomic E-state index is 12.2. The van der Waals surface area contributed by atoms with Gasteiger partial charge in [0.25, 0.3) is 5.91 Å². The standard InChI is InChI=1S/C15H15ClN2O/c1-9-6-7-12(17)13(8-9)18-15(19)11-5-3-4-10(2)14(11)16/h3-8H,17H2,1-2H3,(H,18,19). The smallest absolute Gasteiger partial charge is 0.257 e. The Balaban J connectivity index is 2.31. The third-order valence-corrected chi connectivity index (χ3v) is 3.40. The Kier molecular flexibility index (Phi) is 3.76. The summed E-state index contributed by atoms with van der Waals surface area (Å²) in [4.78, 5) is 12.2. The second-order valence-corrected chi connectivity index (χ2v) is 4.86. The highest BCUT2D eigenvalue weighted by molar-refractivity contribution is 6.35. The van der Waals surface area contributed by atoms with Crippen LogP contribution in [0.1, 0.15) is 21.5 Å². The Morgan fingerprint density at radius 1 is 1.21 bits per heavy atom. The van der Waals surface area contributed by atoms with Gasteiger partial charge in [-0.3, -0.25) is 4.79 Å². The molecular weight excluding hydrogens is 260 g/mol. The molecular formula is C15H15ClN2O. The Morgan fingerprint density at radius 3 is 2.68 bits per heavy atom. The first-order valence-corrected chi connectivity index (χ1v) is 6.29. The Labute approximate surface area is 117 Å². The van der Waals surface area contributed by atoms with Gasteiger partial charge in [0.1, 0.15) is 0 Å². The summed E-state index contributed by atoms with van der Waals surface area (Å²) in [6.07, 6.45) is 0. The minimum Gasteiger partial charge on any atom is -0.397 e. The molecule has 0 atom stereocenters. The van der Waals surface area contributed by atoms with Crippen molar-refractivity contribution in [3.05, 3.63) is 58.1 Å². The summed E-state index contributed by atoms with van der Waals surface area (Å²) in [6, 6.07) is 10.8. The fourth-order valence-electron chi connectivity index (χ4n) is 1.79. The Morgan fingerprint density at radius 2 is 1.95 bits per heavy atom. The first kappa shape index (κ1) is 13.4. The van der Waals surface area contributed by atoms with E-state index >= 15 is 0 Å². The van der Waals surface area contributed by atoms with E-state index in [-0.39, 0.29) is 5.91 Å². The number of hydrogen-bond donors (Lipinski definition) is 2. The van der Waals surface area contributed by atoms with Crippen LogP contribution in [0.25, 0.3) is 0 Å². The Bertz CT molecular complexity index is 638. The van der Waals surface area contributed by atoms with E-state index < -0.39 is 0 Å². The lowest BCUT2D eigenvalue weighted by Crippen LogP contribution is -2.14. The second kappa shape index (κ2) is 5.33. The fourth-order valence-corrected chi connectivity index (χ4v) is 2.00. The summed E-state index contributed by atoms with van der Waals surface area (Å²) < 4.78 is 0. The van der Waals surface area contributed by atoms with Gasteiger partial charge in [-0.05, 0) is 43.2 Å². The zero-order valence-electron chi connectivity index (χ0n) is 10.8. The summed E-state index contributed by atoms with van der Waals surface area (Å²) in [5, 5.41) is 3.25. The van der Waals surface area contributed by atoms with Crippen LogP contribution in [-0.2, 0) is 0 Å². The molecule has 2 aromatic rings. The Hall–Kier alpha value is -2.00. The van der Waals surface area contributed by atoms with Crippen molar-refractivity contribution in [1.29, 1.82) is 0 Å². The molecule has 1 amide bonds. The number of benzene rings is 2. The lowest BCUT2D eigenvalue weighted by atomic mass is 10.1. The normalized spacial score (nSPS) is 10.3. The summed E-state index contributed by atoms with van der Waals surface area (Å²) in [5.74, 6) is -0.258. The van der Waals surface area contributed by atoms with Crippen molar-refractivity contribution in [3.63, 3.8) is 0 Å². The number of nitrogens with two attached hydrogens (primary N) is 1. The van der Waals surface area contributed by atoms with Crippen LogP contribution in [0.5, 0.6) is 0 Å². The number of nitrogens with one attached hydrogen (secondary N) is 1. The molecule has 0 spiro atoms. The number of nitrogen functional groups attached to an aromatic ring is 1. The number of anilines is 2. The second-order valence-electron chi connectivity index (χ2n) is 4.48. The first-order chi connectivity index (χ1) is 8.99. The van der Waals surface area contributed by atoms with Crippen molar-refractivity contribution in [1.82, 2.24) is 0 Å². The summed E-state index contributed by atoms with van der Waals surface area (Å²) in [5.41, 5.74) is 9.31.